The first-order valence-electron chi connectivity index (χ1n) is 9.48. The van der Waals surface area contributed by atoms with Gasteiger partial charge in [0, 0.05) is 12.1 Å². The van der Waals surface area contributed by atoms with E-state index in [-0.39, 0.29) is 16.3 Å². The zero-order chi connectivity index (χ0) is 23.0. The molecule has 0 aliphatic heterocycles. The highest BCUT2D eigenvalue weighted by Gasteiger charge is 2.34. The topological polar surface area (TPSA) is 116 Å². The molecule has 0 fully saturated rings. The summed E-state index contributed by atoms with van der Waals surface area (Å²) in [7, 11) is -4.31. The predicted octanol–water partition coefficient (Wildman–Crippen LogP) is 4.85. The monoisotopic (exact) mass is 448 g/mol. The lowest BCUT2D eigenvalue weighted by atomic mass is 10.1. The van der Waals surface area contributed by atoms with Crippen molar-refractivity contribution in [2.75, 3.05) is 0 Å². The van der Waals surface area contributed by atoms with E-state index in [9.17, 15) is 23.3 Å². The van der Waals surface area contributed by atoms with E-state index in [4.69, 9.17) is 9.57 Å². The van der Waals surface area contributed by atoms with Gasteiger partial charge in [0.05, 0.1) is 15.9 Å². The Morgan fingerprint density at radius 3 is 2.29 bits per heavy atom. The summed E-state index contributed by atoms with van der Waals surface area (Å²) in [5, 5.41) is 10.9. The molecule has 0 bridgehead atoms. The van der Waals surface area contributed by atoms with Crippen LogP contribution in [0.1, 0.15) is 33.6 Å². The first-order chi connectivity index (χ1) is 14.6. The molecule has 2 rings (SSSR count). The number of rotatable bonds is 9. The zero-order valence-corrected chi connectivity index (χ0v) is 18.2. The van der Waals surface area contributed by atoms with Gasteiger partial charge in [-0.15, -0.1) is 0 Å². The van der Waals surface area contributed by atoms with E-state index in [0.29, 0.717) is 17.3 Å². The van der Waals surface area contributed by atoms with Gasteiger partial charge in [-0.25, -0.2) is 13.2 Å². The van der Waals surface area contributed by atoms with Gasteiger partial charge >= 0.3 is 6.16 Å². The van der Waals surface area contributed by atoms with Crippen molar-refractivity contribution in [1.29, 1.82) is 0 Å². The fourth-order valence-electron chi connectivity index (χ4n) is 2.62. The number of para-hydroxylation sites is 1. The number of hydrogen-bond donors (Lipinski definition) is 0. The second-order valence-electron chi connectivity index (χ2n) is 6.98. The van der Waals surface area contributed by atoms with Crippen molar-refractivity contribution in [1.82, 2.24) is 4.47 Å². The number of allylic oxidation sites excluding steroid dienone is 2. The Balaban J connectivity index is 2.29. The number of carbonyl (C=O) groups excluding carboxylic acids is 1. The Bertz CT molecular complexity index is 1030. The molecule has 0 spiro atoms. The van der Waals surface area contributed by atoms with Crippen LogP contribution < -0.4 is 4.74 Å². The molecule has 166 valence electrons. The molecule has 9 nitrogen and oxygen atoms in total. The predicted molar refractivity (Wildman–Crippen MR) is 114 cm³/mol. The summed E-state index contributed by atoms with van der Waals surface area (Å²) in [6, 6.07) is 11.7. The van der Waals surface area contributed by atoms with Crippen LogP contribution in [-0.4, -0.2) is 30.0 Å². The lowest BCUT2D eigenvalue weighted by Gasteiger charge is -2.26. The Hall–Kier alpha value is -3.24. The van der Waals surface area contributed by atoms with Crippen LogP contribution in [0, 0.1) is 10.1 Å². The fourth-order valence-corrected chi connectivity index (χ4v) is 4.04. The van der Waals surface area contributed by atoms with Crippen molar-refractivity contribution < 1.29 is 27.7 Å². The van der Waals surface area contributed by atoms with Crippen molar-refractivity contribution in [3.63, 3.8) is 0 Å². The Labute approximate surface area is 181 Å². The second-order valence-corrected chi connectivity index (χ2v) is 8.76. The maximum Gasteiger partial charge on any atom is 0.534 e. The number of ether oxygens (including phenoxy) is 1. The molecule has 0 aliphatic rings. The summed E-state index contributed by atoms with van der Waals surface area (Å²) in [5.74, 6) is 0.192. The molecule has 0 amide bonds. The molecule has 0 radical (unpaired) electrons. The van der Waals surface area contributed by atoms with Crippen LogP contribution in [0.4, 0.5) is 10.5 Å². The van der Waals surface area contributed by atoms with Crippen molar-refractivity contribution >= 4 is 21.9 Å². The maximum absolute atomic E-state index is 13.1. The number of hydrogen-bond acceptors (Lipinski definition) is 7. The molecule has 31 heavy (non-hydrogen) atoms. The quantitative estimate of drug-likeness (QED) is 0.177. The standard InChI is InChI=1S/C21H24N2O7S/c1-16(2)8-7-9-17(3)23(30-21(24)29-19-10-5-4-6-11-19)31(27,28)20-14-12-18(13-15-20)22(25)26/h4-6,8,10-15,17H,7,9H2,1-3H3. The number of sulfonamides is 1. The van der Waals surface area contributed by atoms with Gasteiger partial charge in [0.1, 0.15) is 5.75 Å². The van der Waals surface area contributed by atoms with E-state index in [1.54, 1.807) is 25.1 Å². The highest BCUT2D eigenvalue weighted by Crippen LogP contribution is 2.24. The second kappa shape index (κ2) is 10.7. The van der Waals surface area contributed by atoms with Gasteiger partial charge in [-0.05, 0) is 62.3 Å². The smallest absolute Gasteiger partial charge is 0.394 e. The van der Waals surface area contributed by atoms with Crippen LogP contribution >= 0.6 is 0 Å². The van der Waals surface area contributed by atoms with Crippen molar-refractivity contribution in [3.8, 4) is 5.75 Å². The minimum atomic E-state index is -4.31. The van der Waals surface area contributed by atoms with Crippen molar-refractivity contribution in [2.45, 2.75) is 44.6 Å². The number of carbonyl (C=O) groups is 1. The third-order valence-corrected chi connectivity index (χ3v) is 5.96. The van der Waals surface area contributed by atoms with Gasteiger partial charge < -0.3 is 9.57 Å². The maximum atomic E-state index is 13.1. The van der Waals surface area contributed by atoms with Crippen LogP contribution in [0.15, 0.2) is 71.1 Å². The third-order valence-electron chi connectivity index (χ3n) is 4.19. The number of nitro benzene ring substituents is 1. The lowest BCUT2D eigenvalue weighted by molar-refractivity contribution is -0.384. The number of nitro groups is 1. The SMILES string of the molecule is CC(C)=CCCC(C)N(OC(=O)Oc1ccccc1)S(=O)(=O)c1ccc([N+](=O)[O-])cc1. The highest BCUT2D eigenvalue weighted by atomic mass is 32.2. The molecule has 0 saturated heterocycles. The summed E-state index contributed by atoms with van der Waals surface area (Å²) < 4.78 is 31.9. The van der Waals surface area contributed by atoms with E-state index in [2.05, 4.69) is 0 Å². The van der Waals surface area contributed by atoms with Crippen LogP contribution in [0.5, 0.6) is 5.75 Å². The Kier molecular flexibility index (Phi) is 8.29. The Morgan fingerprint density at radius 1 is 1.13 bits per heavy atom. The summed E-state index contributed by atoms with van der Waals surface area (Å²) in [6.07, 6.45) is 1.66. The molecule has 0 heterocycles. The molecule has 0 aliphatic carbocycles. The van der Waals surface area contributed by atoms with Crippen molar-refractivity contribution in [3.05, 3.63) is 76.4 Å². The fraction of sp³-hybridized carbons (Fsp3) is 0.286. The van der Waals surface area contributed by atoms with E-state index >= 15 is 0 Å². The molecule has 0 aromatic heterocycles. The van der Waals surface area contributed by atoms with Crippen molar-refractivity contribution in [2.24, 2.45) is 0 Å². The van der Waals surface area contributed by atoms with E-state index in [1.807, 2.05) is 19.9 Å². The normalized spacial score (nSPS) is 12.1. The molecule has 10 heteroatoms. The number of nitrogens with zero attached hydrogens (tertiary/aromatic N) is 2. The lowest BCUT2D eigenvalue weighted by Crippen LogP contribution is -2.41. The average molecular weight is 448 g/mol. The zero-order valence-electron chi connectivity index (χ0n) is 17.4. The minimum absolute atomic E-state index is 0.192. The summed E-state index contributed by atoms with van der Waals surface area (Å²) in [5.41, 5.74) is 0.813. The first-order valence-corrected chi connectivity index (χ1v) is 10.9. The number of benzene rings is 2. The van der Waals surface area contributed by atoms with Gasteiger partial charge in [0.25, 0.3) is 15.7 Å². The molecule has 2 aromatic rings. The van der Waals surface area contributed by atoms with Gasteiger partial charge in [-0.2, -0.15) is 0 Å². The first kappa shape index (κ1) is 24.0. The van der Waals surface area contributed by atoms with Gasteiger partial charge in [0.15, 0.2) is 0 Å². The summed E-state index contributed by atoms with van der Waals surface area (Å²) in [6.45, 7) is 5.44. The molecule has 2 aromatic carbocycles. The molecular weight excluding hydrogens is 424 g/mol. The van der Waals surface area contributed by atoms with Gasteiger partial charge in [-0.1, -0.05) is 29.8 Å². The highest BCUT2D eigenvalue weighted by molar-refractivity contribution is 7.89. The van der Waals surface area contributed by atoms with E-state index in [1.165, 1.54) is 12.1 Å². The molecule has 1 unspecified atom stereocenters. The minimum Gasteiger partial charge on any atom is -0.394 e. The summed E-state index contributed by atoms with van der Waals surface area (Å²) in [4.78, 5) is 27.3. The average Bonchev–Trinajstić information content (AvgIpc) is 2.72. The van der Waals surface area contributed by atoms with Crippen LogP contribution in [-0.2, 0) is 14.9 Å². The van der Waals surface area contributed by atoms with Crippen LogP contribution in [0.3, 0.4) is 0 Å². The molecule has 1 atom stereocenters. The third kappa shape index (κ3) is 6.90. The van der Waals surface area contributed by atoms with Crippen LogP contribution in [0.2, 0.25) is 0 Å². The summed E-state index contributed by atoms with van der Waals surface area (Å²) >= 11 is 0. The van der Waals surface area contributed by atoms with Gasteiger partial charge in [0.2, 0.25) is 0 Å². The Morgan fingerprint density at radius 2 is 1.74 bits per heavy atom. The van der Waals surface area contributed by atoms with Gasteiger partial charge in [-0.3, -0.25) is 10.1 Å². The van der Waals surface area contributed by atoms with E-state index < -0.39 is 27.1 Å². The molecular formula is C21H24N2O7S. The van der Waals surface area contributed by atoms with E-state index in [0.717, 1.165) is 29.8 Å². The number of hydroxylamine groups is 1. The molecule has 0 saturated carbocycles. The van der Waals surface area contributed by atoms with Crippen LogP contribution in [0.25, 0.3) is 0 Å². The largest absolute Gasteiger partial charge is 0.534 e. The molecule has 0 N–H and O–H groups in total. The number of non-ortho nitro benzene ring substituents is 1.